The molecule has 0 aromatic heterocycles. The molecular weight excluding hydrogens is 274 g/mol. The molecule has 0 radical (unpaired) electrons. The lowest BCUT2D eigenvalue weighted by atomic mass is 9.87. The van der Waals surface area contributed by atoms with E-state index in [1.165, 1.54) is 5.69 Å². The molecule has 1 aromatic rings. The van der Waals surface area contributed by atoms with E-state index in [9.17, 15) is 10.1 Å². The van der Waals surface area contributed by atoms with Crippen LogP contribution in [0, 0.1) is 16.7 Å². The van der Waals surface area contributed by atoms with Crippen LogP contribution in [0.15, 0.2) is 30.3 Å². The Labute approximate surface area is 133 Å². The summed E-state index contributed by atoms with van der Waals surface area (Å²) in [6.45, 7) is 4.61. The van der Waals surface area contributed by atoms with Crippen molar-refractivity contribution in [3.8, 4) is 6.07 Å². The molecule has 0 spiro atoms. The highest BCUT2D eigenvalue weighted by Crippen LogP contribution is 2.37. The third-order valence-corrected chi connectivity index (χ3v) is 4.50. The van der Waals surface area contributed by atoms with Crippen molar-refractivity contribution in [1.82, 2.24) is 5.32 Å². The Morgan fingerprint density at radius 2 is 2.00 bits per heavy atom. The van der Waals surface area contributed by atoms with Crippen LogP contribution in [0.25, 0.3) is 0 Å². The van der Waals surface area contributed by atoms with Crippen molar-refractivity contribution >= 4 is 11.6 Å². The van der Waals surface area contributed by atoms with Gasteiger partial charge in [0.25, 0.3) is 0 Å². The van der Waals surface area contributed by atoms with Crippen molar-refractivity contribution in [2.75, 3.05) is 24.5 Å². The molecule has 4 heteroatoms. The van der Waals surface area contributed by atoms with Gasteiger partial charge in [-0.3, -0.25) is 4.79 Å². The van der Waals surface area contributed by atoms with Gasteiger partial charge < -0.3 is 10.2 Å². The molecule has 0 heterocycles. The summed E-state index contributed by atoms with van der Waals surface area (Å²) in [6.07, 6.45) is 4.27. The van der Waals surface area contributed by atoms with Gasteiger partial charge in [0.15, 0.2) is 0 Å². The molecule has 1 saturated carbocycles. The van der Waals surface area contributed by atoms with Gasteiger partial charge in [-0.15, -0.1) is 0 Å². The first kappa shape index (κ1) is 16.4. The molecule has 1 fully saturated rings. The van der Waals surface area contributed by atoms with Gasteiger partial charge in [-0.2, -0.15) is 5.26 Å². The van der Waals surface area contributed by atoms with Crippen molar-refractivity contribution in [2.45, 2.75) is 39.0 Å². The molecule has 0 atom stereocenters. The highest BCUT2D eigenvalue weighted by atomic mass is 16.2. The molecule has 0 unspecified atom stereocenters. The Hall–Kier alpha value is -2.02. The van der Waals surface area contributed by atoms with Gasteiger partial charge in [-0.25, -0.2) is 0 Å². The zero-order valence-corrected chi connectivity index (χ0v) is 13.3. The van der Waals surface area contributed by atoms with Crippen LogP contribution in [0.3, 0.4) is 0 Å². The second-order valence-corrected chi connectivity index (χ2v) is 5.93. The van der Waals surface area contributed by atoms with Crippen molar-refractivity contribution in [3.05, 3.63) is 30.3 Å². The summed E-state index contributed by atoms with van der Waals surface area (Å²) in [5.41, 5.74) is 0.449. The molecule has 0 aliphatic heterocycles. The van der Waals surface area contributed by atoms with Crippen LogP contribution in [0.1, 0.15) is 39.0 Å². The number of nitrogens with one attached hydrogen (secondary N) is 1. The van der Waals surface area contributed by atoms with E-state index in [0.717, 1.165) is 32.4 Å². The van der Waals surface area contributed by atoms with E-state index in [1.54, 1.807) is 0 Å². The summed E-state index contributed by atoms with van der Waals surface area (Å²) in [5.74, 6) is -0.0738. The Balaban J connectivity index is 1.77. The number of carbonyl (C=O) groups excluding carboxylic acids is 1. The van der Waals surface area contributed by atoms with Crippen LogP contribution in [-0.4, -0.2) is 25.5 Å². The molecule has 1 aromatic carbocycles. The van der Waals surface area contributed by atoms with Gasteiger partial charge in [0, 0.05) is 25.3 Å². The van der Waals surface area contributed by atoms with Crippen LogP contribution >= 0.6 is 0 Å². The van der Waals surface area contributed by atoms with Crippen molar-refractivity contribution in [1.29, 1.82) is 5.26 Å². The van der Waals surface area contributed by atoms with Gasteiger partial charge >= 0.3 is 0 Å². The SMILES string of the molecule is CCN(CCCNC(=O)C1(C#N)CCCC1)c1ccccc1. The fourth-order valence-electron chi connectivity index (χ4n) is 3.12. The first-order valence-corrected chi connectivity index (χ1v) is 8.21. The maximum atomic E-state index is 12.2. The number of benzene rings is 1. The van der Waals surface area contributed by atoms with E-state index < -0.39 is 5.41 Å². The molecule has 4 nitrogen and oxygen atoms in total. The Morgan fingerprint density at radius 1 is 1.32 bits per heavy atom. The van der Waals surface area contributed by atoms with Crippen molar-refractivity contribution < 1.29 is 4.79 Å². The Kier molecular flexibility index (Phi) is 5.83. The van der Waals surface area contributed by atoms with Crippen LogP contribution in [-0.2, 0) is 4.79 Å². The van der Waals surface area contributed by atoms with E-state index in [0.29, 0.717) is 19.4 Å². The fourth-order valence-corrected chi connectivity index (χ4v) is 3.12. The predicted octanol–water partition coefficient (Wildman–Crippen LogP) is 3.10. The van der Waals surface area contributed by atoms with Gasteiger partial charge in [0.05, 0.1) is 6.07 Å². The molecule has 1 aliphatic rings. The Bertz CT molecular complexity index is 515. The van der Waals surface area contributed by atoms with Gasteiger partial charge in [0.1, 0.15) is 5.41 Å². The third kappa shape index (κ3) is 3.79. The molecule has 1 N–H and O–H groups in total. The molecule has 0 bridgehead atoms. The zero-order chi connectivity index (χ0) is 15.8. The second kappa shape index (κ2) is 7.84. The summed E-state index contributed by atoms with van der Waals surface area (Å²) >= 11 is 0. The molecule has 1 aliphatic carbocycles. The summed E-state index contributed by atoms with van der Waals surface area (Å²) in [6, 6.07) is 12.5. The average Bonchev–Trinajstić information content (AvgIpc) is 3.06. The minimum atomic E-state index is -0.760. The number of rotatable bonds is 7. The van der Waals surface area contributed by atoms with Crippen LogP contribution < -0.4 is 10.2 Å². The molecule has 0 saturated heterocycles. The minimum absolute atomic E-state index is 0.0738. The van der Waals surface area contributed by atoms with Gasteiger partial charge in [-0.1, -0.05) is 31.0 Å². The van der Waals surface area contributed by atoms with Crippen molar-refractivity contribution in [2.24, 2.45) is 5.41 Å². The van der Waals surface area contributed by atoms with E-state index in [2.05, 4.69) is 35.3 Å². The lowest BCUT2D eigenvalue weighted by Crippen LogP contribution is -2.39. The lowest BCUT2D eigenvalue weighted by molar-refractivity contribution is -0.127. The number of carbonyl (C=O) groups is 1. The standard InChI is InChI=1S/C18H25N3O/c1-2-21(16-9-4-3-5-10-16)14-8-13-20-17(22)18(15-19)11-6-7-12-18/h3-5,9-10H,2,6-8,11-14H2,1H3,(H,20,22). The summed E-state index contributed by atoms with van der Waals surface area (Å²) in [5, 5.41) is 12.3. The molecular formula is C18H25N3O. The number of amides is 1. The van der Waals surface area contributed by atoms with Gasteiger partial charge in [0.2, 0.25) is 5.91 Å². The smallest absolute Gasteiger partial charge is 0.240 e. The molecule has 22 heavy (non-hydrogen) atoms. The summed E-state index contributed by atoms with van der Waals surface area (Å²) in [7, 11) is 0. The van der Waals surface area contributed by atoms with Crippen LogP contribution in [0.5, 0.6) is 0 Å². The minimum Gasteiger partial charge on any atom is -0.372 e. The number of nitriles is 1. The average molecular weight is 299 g/mol. The number of hydrogen-bond donors (Lipinski definition) is 1. The number of para-hydroxylation sites is 1. The first-order valence-electron chi connectivity index (χ1n) is 8.21. The molecule has 1 amide bonds. The normalized spacial score (nSPS) is 16.0. The van der Waals surface area contributed by atoms with E-state index in [-0.39, 0.29) is 5.91 Å². The highest BCUT2D eigenvalue weighted by Gasteiger charge is 2.41. The lowest BCUT2D eigenvalue weighted by Gasteiger charge is -2.24. The maximum Gasteiger partial charge on any atom is 0.240 e. The fraction of sp³-hybridized carbons (Fsp3) is 0.556. The Morgan fingerprint density at radius 3 is 2.59 bits per heavy atom. The molecule has 118 valence electrons. The largest absolute Gasteiger partial charge is 0.372 e. The monoisotopic (exact) mass is 299 g/mol. The topological polar surface area (TPSA) is 56.1 Å². The maximum absolute atomic E-state index is 12.2. The van der Waals surface area contributed by atoms with Crippen molar-refractivity contribution in [3.63, 3.8) is 0 Å². The number of anilines is 1. The number of nitrogens with zero attached hydrogens (tertiary/aromatic N) is 2. The van der Waals surface area contributed by atoms with E-state index >= 15 is 0 Å². The highest BCUT2D eigenvalue weighted by molar-refractivity contribution is 5.85. The third-order valence-electron chi connectivity index (χ3n) is 4.50. The summed E-state index contributed by atoms with van der Waals surface area (Å²) < 4.78 is 0. The van der Waals surface area contributed by atoms with Crippen LogP contribution in [0.4, 0.5) is 5.69 Å². The predicted molar refractivity (Wildman–Crippen MR) is 88.5 cm³/mol. The summed E-state index contributed by atoms with van der Waals surface area (Å²) in [4.78, 5) is 14.5. The first-order chi connectivity index (χ1) is 10.7. The molecule has 2 rings (SSSR count). The zero-order valence-electron chi connectivity index (χ0n) is 13.3. The number of hydrogen-bond acceptors (Lipinski definition) is 3. The quantitative estimate of drug-likeness (QED) is 0.787. The van der Waals surface area contributed by atoms with Gasteiger partial charge in [-0.05, 0) is 38.3 Å². The second-order valence-electron chi connectivity index (χ2n) is 5.93. The van der Waals surface area contributed by atoms with Crippen LogP contribution in [0.2, 0.25) is 0 Å². The van der Waals surface area contributed by atoms with E-state index in [4.69, 9.17) is 0 Å². The van der Waals surface area contributed by atoms with E-state index in [1.807, 2.05) is 18.2 Å².